The fourth-order valence-electron chi connectivity index (χ4n) is 1.65. The summed E-state index contributed by atoms with van der Waals surface area (Å²) in [6, 6.07) is 5.33. The third kappa shape index (κ3) is 2.77. The molecule has 5 heteroatoms. The van der Waals surface area contributed by atoms with Gasteiger partial charge in [-0.1, -0.05) is 17.7 Å². The monoisotopic (exact) mass is 269 g/mol. The number of hydrogen-bond donors (Lipinski definition) is 1. The van der Waals surface area contributed by atoms with Gasteiger partial charge in [0.25, 0.3) is 0 Å². The molecule has 0 aliphatic carbocycles. The topological polar surface area (TPSA) is 42.4 Å². The predicted octanol–water partition coefficient (Wildman–Crippen LogP) is 3.08. The third-order valence-corrected chi connectivity index (χ3v) is 3.58. The van der Waals surface area contributed by atoms with Gasteiger partial charge in [-0.15, -0.1) is 11.3 Å². The van der Waals surface area contributed by atoms with Gasteiger partial charge in [-0.05, 0) is 12.1 Å². The number of aliphatic hydroxyl groups excluding tert-OH is 1. The smallest absolute Gasteiger partial charge is 0.126 e. The molecule has 1 atom stereocenters. The van der Waals surface area contributed by atoms with Gasteiger partial charge < -0.3 is 9.84 Å². The Morgan fingerprint density at radius 2 is 2.35 bits per heavy atom. The zero-order valence-corrected chi connectivity index (χ0v) is 10.8. The Balaban J connectivity index is 2.26. The molecule has 1 unspecified atom stereocenters. The van der Waals surface area contributed by atoms with Crippen molar-refractivity contribution in [1.29, 1.82) is 0 Å². The number of rotatable bonds is 4. The first-order valence-electron chi connectivity index (χ1n) is 5.10. The number of hydrogen-bond acceptors (Lipinski definition) is 4. The third-order valence-electron chi connectivity index (χ3n) is 2.44. The van der Waals surface area contributed by atoms with Crippen molar-refractivity contribution >= 4 is 22.9 Å². The zero-order valence-electron chi connectivity index (χ0n) is 9.26. The average Bonchev–Trinajstić information content (AvgIpc) is 2.81. The number of benzene rings is 1. The molecule has 2 aromatic rings. The van der Waals surface area contributed by atoms with E-state index in [1.54, 1.807) is 37.0 Å². The summed E-state index contributed by atoms with van der Waals surface area (Å²) in [5.74, 6) is 0.606. The summed E-state index contributed by atoms with van der Waals surface area (Å²) < 4.78 is 5.21. The lowest BCUT2D eigenvalue weighted by Crippen LogP contribution is -2.04. The second kappa shape index (κ2) is 5.49. The summed E-state index contributed by atoms with van der Waals surface area (Å²) in [5.41, 5.74) is 2.37. The number of aliphatic hydroxyl groups is 1. The Labute approximate surface area is 109 Å². The molecule has 0 saturated heterocycles. The van der Waals surface area contributed by atoms with Gasteiger partial charge in [0.15, 0.2) is 0 Å². The molecule has 0 aliphatic heterocycles. The van der Waals surface area contributed by atoms with Crippen LogP contribution in [-0.2, 0) is 6.42 Å². The van der Waals surface area contributed by atoms with Gasteiger partial charge in [0.05, 0.1) is 23.7 Å². The highest BCUT2D eigenvalue weighted by Crippen LogP contribution is 2.34. The summed E-state index contributed by atoms with van der Waals surface area (Å²) in [4.78, 5) is 4.99. The highest BCUT2D eigenvalue weighted by Gasteiger charge is 2.17. The number of nitrogens with zero attached hydrogens (tertiary/aromatic N) is 1. The summed E-state index contributed by atoms with van der Waals surface area (Å²) in [6.07, 6.45) is 1.56. The lowest BCUT2D eigenvalue weighted by Gasteiger charge is -2.15. The van der Waals surface area contributed by atoms with E-state index in [0.717, 1.165) is 4.88 Å². The fraction of sp³-hybridized carbons (Fsp3) is 0.250. The molecule has 0 saturated carbocycles. The van der Waals surface area contributed by atoms with E-state index < -0.39 is 6.10 Å². The van der Waals surface area contributed by atoms with Crippen molar-refractivity contribution in [2.24, 2.45) is 0 Å². The van der Waals surface area contributed by atoms with E-state index >= 15 is 0 Å². The Morgan fingerprint density at radius 3 is 3.00 bits per heavy atom. The maximum Gasteiger partial charge on any atom is 0.126 e. The van der Waals surface area contributed by atoms with Crippen LogP contribution in [0.4, 0.5) is 0 Å². The van der Waals surface area contributed by atoms with Gasteiger partial charge in [0.2, 0.25) is 0 Å². The quantitative estimate of drug-likeness (QED) is 0.928. The fourth-order valence-corrected chi connectivity index (χ4v) is 2.58. The second-order valence-corrected chi connectivity index (χ2v) is 4.92. The number of halogens is 1. The number of methoxy groups -OCH3 is 1. The number of ether oxygens (including phenoxy) is 1. The maximum atomic E-state index is 10.2. The highest BCUT2D eigenvalue weighted by atomic mass is 35.5. The molecule has 1 aromatic carbocycles. The van der Waals surface area contributed by atoms with Crippen LogP contribution in [0.5, 0.6) is 5.75 Å². The van der Waals surface area contributed by atoms with E-state index in [9.17, 15) is 5.11 Å². The molecule has 0 bridgehead atoms. The summed E-state index contributed by atoms with van der Waals surface area (Å²) in [5, 5.41) is 10.7. The number of aromatic nitrogens is 1. The van der Waals surface area contributed by atoms with Gasteiger partial charge in [-0.2, -0.15) is 0 Å². The van der Waals surface area contributed by atoms with Crippen LogP contribution in [0.2, 0.25) is 5.02 Å². The maximum absolute atomic E-state index is 10.2. The first-order chi connectivity index (χ1) is 8.22. The largest absolute Gasteiger partial charge is 0.496 e. The van der Waals surface area contributed by atoms with Gasteiger partial charge in [-0.3, -0.25) is 4.98 Å². The molecule has 1 aromatic heterocycles. The second-order valence-electron chi connectivity index (χ2n) is 3.54. The van der Waals surface area contributed by atoms with Crippen LogP contribution in [0, 0.1) is 0 Å². The summed E-state index contributed by atoms with van der Waals surface area (Å²) in [6.45, 7) is 0. The van der Waals surface area contributed by atoms with Crippen LogP contribution in [0.15, 0.2) is 29.9 Å². The summed E-state index contributed by atoms with van der Waals surface area (Å²) >= 11 is 7.60. The molecule has 0 fully saturated rings. The predicted molar refractivity (Wildman–Crippen MR) is 68.8 cm³/mol. The molecule has 1 N–H and O–H groups in total. The van der Waals surface area contributed by atoms with E-state index in [4.69, 9.17) is 16.3 Å². The molecule has 17 heavy (non-hydrogen) atoms. The minimum absolute atomic E-state index is 0.491. The number of thiazole rings is 1. The Kier molecular flexibility index (Phi) is 3.99. The first-order valence-corrected chi connectivity index (χ1v) is 6.36. The van der Waals surface area contributed by atoms with Crippen molar-refractivity contribution in [3.8, 4) is 5.75 Å². The van der Waals surface area contributed by atoms with Crippen molar-refractivity contribution in [3.63, 3.8) is 0 Å². The van der Waals surface area contributed by atoms with Crippen molar-refractivity contribution in [3.05, 3.63) is 45.4 Å². The van der Waals surface area contributed by atoms with Crippen LogP contribution < -0.4 is 4.74 Å². The molecular weight excluding hydrogens is 258 g/mol. The van der Waals surface area contributed by atoms with Gasteiger partial charge in [-0.25, -0.2) is 0 Å². The minimum Gasteiger partial charge on any atom is -0.496 e. The molecule has 1 heterocycles. The Bertz CT molecular complexity index is 487. The standard InChI is InChI=1S/C12H12ClNO2S/c1-16-11-4-2-3-9(13)12(11)10(15)5-8-6-14-7-17-8/h2-4,6-7,10,15H,5H2,1H3. The van der Waals surface area contributed by atoms with Gasteiger partial charge in [0, 0.05) is 23.1 Å². The molecule has 0 spiro atoms. The summed E-state index contributed by atoms with van der Waals surface area (Å²) in [7, 11) is 1.56. The van der Waals surface area contributed by atoms with E-state index in [1.165, 1.54) is 11.3 Å². The van der Waals surface area contributed by atoms with Crippen LogP contribution in [0.3, 0.4) is 0 Å². The van der Waals surface area contributed by atoms with Crippen LogP contribution >= 0.6 is 22.9 Å². The lowest BCUT2D eigenvalue weighted by molar-refractivity contribution is 0.175. The van der Waals surface area contributed by atoms with Crippen molar-refractivity contribution in [2.75, 3.05) is 7.11 Å². The van der Waals surface area contributed by atoms with Gasteiger partial charge in [0.1, 0.15) is 5.75 Å². The molecule has 2 rings (SSSR count). The minimum atomic E-state index is -0.681. The molecular formula is C12H12ClNO2S. The SMILES string of the molecule is COc1cccc(Cl)c1C(O)Cc1cncs1. The molecule has 3 nitrogen and oxygen atoms in total. The molecule has 0 radical (unpaired) electrons. The Morgan fingerprint density at radius 1 is 1.53 bits per heavy atom. The van der Waals surface area contributed by atoms with Crippen LogP contribution in [0.1, 0.15) is 16.5 Å². The molecule has 0 aliphatic rings. The van der Waals surface area contributed by atoms with E-state index in [0.29, 0.717) is 22.8 Å². The van der Waals surface area contributed by atoms with E-state index in [1.807, 2.05) is 0 Å². The highest BCUT2D eigenvalue weighted by molar-refractivity contribution is 7.09. The zero-order chi connectivity index (χ0) is 12.3. The van der Waals surface area contributed by atoms with Crippen molar-refractivity contribution < 1.29 is 9.84 Å². The Hall–Kier alpha value is -1.10. The lowest BCUT2D eigenvalue weighted by atomic mass is 10.0. The van der Waals surface area contributed by atoms with Gasteiger partial charge >= 0.3 is 0 Å². The van der Waals surface area contributed by atoms with E-state index in [-0.39, 0.29) is 0 Å². The van der Waals surface area contributed by atoms with Crippen LogP contribution in [0.25, 0.3) is 0 Å². The average molecular weight is 270 g/mol. The molecule has 0 amide bonds. The van der Waals surface area contributed by atoms with Crippen molar-refractivity contribution in [1.82, 2.24) is 4.98 Å². The molecule has 90 valence electrons. The normalized spacial score (nSPS) is 12.4. The first kappa shape index (κ1) is 12.4. The van der Waals surface area contributed by atoms with Crippen molar-refractivity contribution in [2.45, 2.75) is 12.5 Å². The van der Waals surface area contributed by atoms with E-state index in [2.05, 4.69) is 4.98 Å². The van der Waals surface area contributed by atoms with Crippen LogP contribution in [-0.4, -0.2) is 17.2 Å².